The van der Waals surface area contributed by atoms with Crippen LogP contribution in [0.2, 0.25) is 5.02 Å². The monoisotopic (exact) mass is 454 g/mol. The average molecular weight is 455 g/mol. The number of ether oxygens (including phenoxy) is 1. The van der Waals surface area contributed by atoms with E-state index >= 15 is 0 Å². The van der Waals surface area contributed by atoms with Gasteiger partial charge in [-0.2, -0.15) is 0 Å². The molecular formula is C27H35ClN2O2. The minimum atomic E-state index is -0.735. The molecule has 0 radical (unpaired) electrons. The van der Waals surface area contributed by atoms with Crippen molar-refractivity contribution in [3.05, 3.63) is 70.8 Å². The van der Waals surface area contributed by atoms with Crippen molar-refractivity contribution < 1.29 is 9.84 Å². The number of hydrogen-bond donors (Lipinski definition) is 1. The van der Waals surface area contributed by atoms with Crippen LogP contribution in [0.15, 0.2) is 54.6 Å². The summed E-state index contributed by atoms with van der Waals surface area (Å²) in [6.45, 7) is 6.01. The highest BCUT2D eigenvalue weighted by atomic mass is 35.5. The van der Waals surface area contributed by atoms with E-state index in [1.807, 2.05) is 24.3 Å². The number of piperazine rings is 1. The lowest BCUT2D eigenvalue weighted by Crippen LogP contribution is -2.46. The standard InChI is InChI=1S/C27H35ClN2O2/c1-32-25-7-5-6-23(20-25)26(27(31)13-3-2-4-14-27)12-15-29-16-18-30(19-17-29)21-22-8-10-24(28)11-9-22/h5-12,20,31H,2-4,13-19,21H2,1H3. The Labute approximate surface area is 197 Å². The molecule has 2 fully saturated rings. The topological polar surface area (TPSA) is 35.9 Å². The third-order valence-electron chi connectivity index (χ3n) is 6.90. The summed E-state index contributed by atoms with van der Waals surface area (Å²) < 4.78 is 5.45. The summed E-state index contributed by atoms with van der Waals surface area (Å²) >= 11 is 6.01. The van der Waals surface area contributed by atoms with Crippen molar-refractivity contribution in [1.82, 2.24) is 9.80 Å². The number of methoxy groups -OCH3 is 1. The molecule has 0 bridgehead atoms. The summed E-state index contributed by atoms with van der Waals surface area (Å²) in [6.07, 6.45) is 7.33. The van der Waals surface area contributed by atoms with E-state index in [0.717, 1.165) is 86.9 Å². The number of nitrogens with zero attached hydrogens (tertiary/aromatic N) is 2. The lowest BCUT2D eigenvalue weighted by Gasteiger charge is -2.37. The Morgan fingerprint density at radius 3 is 2.38 bits per heavy atom. The van der Waals surface area contributed by atoms with Gasteiger partial charge in [0.2, 0.25) is 0 Å². The van der Waals surface area contributed by atoms with Crippen LogP contribution >= 0.6 is 11.6 Å². The molecule has 1 saturated carbocycles. The van der Waals surface area contributed by atoms with Gasteiger partial charge >= 0.3 is 0 Å². The van der Waals surface area contributed by atoms with E-state index in [-0.39, 0.29) is 0 Å². The minimum absolute atomic E-state index is 0.735. The Morgan fingerprint density at radius 1 is 1.00 bits per heavy atom. The Bertz CT molecular complexity index is 898. The van der Waals surface area contributed by atoms with Crippen LogP contribution in [-0.4, -0.2) is 60.3 Å². The van der Waals surface area contributed by atoms with E-state index in [2.05, 4.69) is 40.1 Å². The SMILES string of the molecule is COc1cccc(C(=CCN2CCN(Cc3ccc(Cl)cc3)CC2)C2(O)CCCCC2)c1. The van der Waals surface area contributed by atoms with E-state index in [1.165, 1.54) is 12.0 Å². The van der Waals surface area contributed by atoms with Crippen LogP contribution in [0, 0.1) is 0 Å². The van der Waals surface area contributed by atoms with E-state index in [9.17, 15) is 5.11 Å². The van der Waals surface area contributed by atoms with Gasteiger partial charge in [-0.15, -0.1) is 0 Å². The molecular weight excluding hydrogens is 420 g/mol. The molecule has 4 rings (SSSR count). The summed E-state index contributed by atoms with van der Waals surface area (Å²) in [5.74, 6) is 0.837. The van der Waals surface area contributed by atoms with Crippen molar-refractivity contribution in [3.8, 4) is 5.75 Å². The molecule has 0 aromatic heterocycles. The second-order valence-corrected chi connectivity index (χ2v) is 9.58. The van der Waals surface area contributed by atoms with Crippen molar-refractivity contribution in [1.29, 1.82) is 0 Å². The maximum atomic E-state index is 11.6. The number of hydrogen-bond acceptors (Lipinski definition) is 4. The molecule has 32 heavy (non-hydrogen) atoms. The number of aliphatic hydroxyl groups is 1. The Morgan fingerprint density at radius 2 is 1.69 bits per heavy atom. The first-order valence-electron chi connectivity index (χ1n) is 11.8. The van der Waals surface area contributed by atoms with Crippen LogP contribution in [-0.2, 0) is 6.54 Å². The third kappa shape index (κ3) is 5.93. The Hall–Kier alpha value is -1.85. The van der Waals surface area contributed by atoms with Gasteiger partial charge in [0, 0.05) is 44.3 Å². The molecule has 2 aromatic carbocycles. The predicted octanol–water partition coefficient (Wildman–Crippen LogP) is 5.25. The second-order valence-electron chi connectivity index (χ2n) is 9.15. The van der Waals surface area contributed by atoms with Gasteiger partial charge in [-0.3, -0.25) is 9.80 Å². The van der Waals surface area contributed by atoms with Crippen molar-refractivity contribution in [2.45, 2.75) is 44.2 Å². The van der Waals surface area contributed by atoms with Crippen molar-refractivity contribution in [3.63, 3.8) is 0 Å². The average Bonchev–Trinajstić information content (AvgIpc) is 2.82. The molecule has 0 unspecified atom stereocenters. The predicted molar refractivity (Wildman–Crippen MR) is 132 cm³/mol. The van der Waals surface area contributed by atoms with E-state index in [0.29, 0.717) is 0 Å². The summed E-state index contributed by atoms with van der Waals surface area (Å²) in [4.78, 5) is 4.99. The summed E-state index contributed by atoms with van der Waals surface area (Å²) in [5.41, 5.74) is 2.72. The van der Waals surface area contributed by atoms with Gasteiger partial charge in [-0.25, -0.2) is 0 Å². The van der Waals surface area contributed by atoms with Gasteiger partial charge in [0.05, 0.1) is 12.7 Å². The fourth-order valence-electron chi connectivity index (χ4n) is 4.97. The summed E-state index contributed by atoms with van der Waals surface area (Å²) in [7, 11) is 1.70. The lowest BCUT2D eigenvalue weighted by atomic mass is 9.76. The highest BCUT2D eigenvalue weighted by molar-refractivity contribution is 6.30. The van der Waals surface area contributed by atoms with Gasteiger partial charge in [0.15, 0.2) is 0 Å². The molecule has 1 saturated heterocycles. The summed E-state index contributed by atoms with van der Waals surface area (Å²) in [5, 5.41) is 12.3. The minimum Gasteiger partial charge on any atom is -0.497 e. The molecule has 1 aliphatic carbocycles. The highest BCUT2D eigenvalue weighted by Crippen LogP contribution is 2.40. The number of halogens is 1. The smallest absolute Gasteiger partial charge is 0.119 e. The fraction of sp³-hybridized carbons (Fsp3) is 0.481. The van der Waals surface area contributed by atoms with Crippen molar-refractivity contribution in [2.75, 3.05) is 39.8 Å². The third-order valence-corrected chi connectivity index (χ3v) is 7.15. The molecule has 0 atom stereocenters. The van der Waals surface area contributed by atoms with Crippen LogP contribution in [0.5, 0.6) is 5.75 Å². The van der Waals surface area contributed by atoms with Crippen LogP contribution in [0.25, 0.3) is 5.57 Å². The highest BCUT2D eigenvalue weighted by Gasteiger charge is 2.34. The van der Waals surface area contributed by atoms with Gasteiger partial charge in [-0.1, -0.05) is 61.2 Å². The first-order valence-corrected chi connectivity index (χ1v) is 12.2. The molecule has 2 aromatic rings. The molecule has 2 aliphatic rings. The maximum Gasteiger partial charge on any atom is 0.119 e. The molecule has 172 valence electrons. The van der Waals surface area contributed by atoms with Crippen LogP contribution in [0.3, 0.4) is 0 Å². The zero-order valence-corrected chi connectivity index (χ0v) is 19.9. The van der Waals surface area contributed by atoms with Gasteiger partial charge in [0.1, 0.15) is 5.75 Å². The molecule has 1 heterocycles. The second kappa shape index (κ2) is 10.8. The molecule has 0 amide bonds. The summed E-state index contributed by atoms with van der Waals surface area (Å²) in [6, 6.07) is 16.3. The lowest BCUT2D eigenvalue weighted by molar-refractivity contribution is 0.0608. The van der Waals surface area contributed by atoms with Gasteiger partial charge in [-0.05, 0) is 53.8 Å². The quantitative estimate of drug-likeness (QED) is 0.620. The van der Waals surface area contributed by atoms with Gasteiger partial charge in [0.25, 0.3) is 0 Å². The number of benzene rings is 2. The van der Waals surface area contributed by atoms with Crippen molar-refractivity contribution >= 4 is 17.2 Å². The van der Waals surface area contributed by atoms with Crippen LogP contribution < -0.4 is 4.74 Å². The van der Waals surface area contributed by atoms with E-state index in [4.69, 9.17) is 16.3 Å². The zero-order chi connectivity index (χ0) is 22.4. The van der Waals surface area contributed by atoms with Crippen molar-refractivity contribution in [2.24, 2.45) is 0 Å². The normalized spacial score (nSPS) is 20.3. The number of rotatable bonds is 7. The van der Waals surface area contributed by atoms with E-state index < -0.39 is 5.60 Å². The molecule has 4 nitrogen and oxygen atoms in total. The Kier molecular flexibility index (Phi) is 7.90. The molecule has 5 heteroatoms. The maximum absolute atomic E-state index is 11.6. The van der Waals surface area contributed by atoms with Gasteiger partial charge < -0.3 is 9.84 Å². The molecule has 1 N–H and O–H groups in total. The zero-order valence-electron chi connectivity index (χ0n) is 19.1. The Balaban J connectivity index is 1.42. The van der Waals surface area contributed by atoms with Crippen LogP contribution in [0.4, 0.5) is 0 Å². The van der Waals surface area contributed by atoms with E-state index in [1.54, 1.807) is 7.11 Å². The molecule has 1 aliphatic heterocycles. The largest absolute Gasteiger partial charge is 0.497 e. The van der Waals surface area contributed by atoms with Crippen LogP contribution in [0.1, 0.15) is 43.2 Å². The first kappa shape index (κ1) is 23.3. The fourth-order valence-corrected chi connectivity index (χ4v) is 5.10. The first-order chi connectivity index (χ1) is 15.6. The molecule has 0 spiro atoms.